The summed E-state index contributed by atoms with van der Waals surface area (Å²) in [7, 11) is 0. The van der Waals surface area contributed by atoms with E-state index in [4.69, 9.17) is 5.11 Å². The first-order valence-corrected chi connectivity index (χ1v) is 6.27. The summed E-state index contributed by atoms with van der Waals surface area (Å²) in [6.45, 7) is 0. The van der Waals surface area contributed by atoms with Crippen LogP contribution in [0.15, 0.2) is 42.5 Å². The monoisotopic (exact) mass is 296 g/mol. The third kappa shape index (κ3) is 1.98. The van der Waals surface area contributed by atoms with Crippen LogP contribution in [0.2, 0.25) is 0 Å². The van der Waals surface area contributed by atoms with Crippen molar-refractivity contribution in [3.8, 4) is 0 Å². The number of benzene rings is 2. The van der Waals surface area contributed by atoms with Gasteiger partial charge in [0.1, 0.15) is 0 Å². The van der Waals surface area contributed by atoms with Gasteiger partial charge in [-0.05, 0) is 12.1 Å². The molecule has 1 aliphatic heterocycles. The zero-order valence-corrected chi connectivity index (χ0v) is 11.0. The molecule has 6 heteroatoms. The van der Waals surface area contributed by atoms with Crippen molar-refractivity contribution in [2.75, 3.05) is 0 Å². The number of carboxylic acid groups (broad SMARTS) is 1. The van der Waals surface area contributed by atoms with Crippen molar-refractivity contribution >= 4 is 23.7 Å². The predicted octanol–water partition coefficient (Wildman–Crippen LogP) is 1.93. The smallest absolute Gasteiger partial charge is 0.347 e. The van der Waals surface area contributed by atoms with Gasteiger partial charge in [0.15, 0.2) is 5.78 Å². The summed E-state index contributed by atoms with van der Waals surface area (Å²) in [5, 5.41) is 9.15. The molecule has 1 aliphatic rings. The van der Waals surface area contributed by atoms with Gasteiger partial charge < -0.3 is 9.84 Å². The Balaban J connectivity index is 2.19. The lowest BCUT2D eigenvalue weighted by molar-refractivity contribution is 0.0442. The van der Waals surface area contributed by atoms with E-state index in [9.17, 15) is 19.2 Å². The lowest BCUT2D eigenvalue weighted by Gasteiger charge is -2.07. The van der Waals surface area contributed by atoms with Crippen molar-refractivity contribution in [3.05, 3.63) is 70.3 Å². The molecule has 0 atom stereocenters. The molecule has 6 nitrogen and oxygen atoms in total. The Labute approximate surface area is 123 Å². The molecular weight excluding hydrogens is 288 g/mol. The Hall–Kier alpha value is -3.28. The molecule has 3 rings (SSSR count). The number of ether oxygens (including phenoxy) is 1. The molecule has 2 aromatic carbocycles. The van der Waals surface area contributed by atoms with Crippen LogP contribution in [0.3, 0.4) is 0 Å². The van der Waals surface area contributed by atoms with Gasteiger partial charge in [-0.3, -0.25) is 4.79 Å². The Kier molecular flexibility index (Phi) is 3.06. The summed E-state index contributed by atoms with van der Waals surface area (Å²) in [4.78, 5) is 47.1. The first kappa shape index (κ1) is 13.7. The van der Waals surface area contributed by atoms with Gasteiger partial charge in [0.2, 0.25) is 0 Å². The fourth-order valence-electron chi connectivity index (χ4n) is 2.33. The van der Waals surface area contributed by atoms with E-state index in [0.29, 0.717) is 0 Å². The fourth-order valence-corrected chi connectivity index (χ4v) is 2.33. The maximum Gasteiger partial charge on any atom is 0.347 e. The van der Waals surface area contributed by atoms with Crippen LogP contribution in [-0.4, -0.2) is 28.8 Å². The van der Waals surface area contributed by atoms with Gasteiger partial charge in [-0.1, -0.05) is 30.3 Å². The van der Waals surface area contributed by atoms with Crippen molar-refractivity contribution in [2.45, 2.75) is 0 Å². The molecule has 2 aromatic rings. The van der Waals surface area contributed by atoms with Crippen LogP contribution in [0.25, 0.3) is 0 Å². The van der Waals surface area contributed by atoms with E-state index in [1.54, 1.807) is 0 Å². The number of carboxylic acids is 1. The van der Waals surface area contributed by atoms with E-state index in [0.717, 1.165) is 0 Å². The minimum absolute atomic E-state index is 0.00339. The maximum absolute atomic E-state index is 12.6. The highest BCUT2D eigenvalue weighted by molar-refractivity contribution is 6.23. The van der Waals surface area contributed by atoms with Crippen LogP contribution in [0.5, 0.6) is 0 Å². The third-order valence-corrected chi connectivity index (χ3v) is 3.32. The van der Waals surface area contributed by atoms with Gasteiger partial charge in [-0.25, -0.2) is 14.4 Å². The topological polar surface area (TPSA) is 97.7 Å². The molecular formula is C16H8O6. The molecule has 0 spiro atoms. The second-order valence-electron chi connectivity index (χ2n) is 4.58. The van der Waals surface area contributed by atoms with Gasteiger partial charge >= 0.3 is 17.9 Å². The van der Waals surface area contributed by atoms with Crippen LogP contribution in [0.1, 0.15) is 47.0 Å². The number of carbonyl (C=O) groups excluding carboxylic acids is 3. The number of cyclic esters (lactones) is 2. The molecule has 0 aromatic heterocycles. The Bertz CT molecular complexity index is 849. The van der Waals surface area contributed by atoms with Gasteiger partial charge in [-0.15, -0.1) is 0 Å². The van der Waals surface area contributed by atoms with Crippen molar-refractivity contribution in [1.29, 1.82) is 0 Å². The van der Waals surface area contributed by atoms with E-state index < -0.39 is 23.7 Å². The molecule has 0 saturated heterocycles. The average molecular weight is 296 g/mol. The van der Waals surface area contributed by atoms with Gasteiger partial charge in [0, 0.05) is 11.1 Å². The van der Waals surface area contributed by atoms with Gasteiger partial charge in [0.25, 0.3) is 0 Å². The second-order valence-corrected chi connectivity index (χ2v) is 4.58. The average Bonchev–Trinajstić information content (AvgIpc) is 2.81. The normalized spacial score (nSPS) is 12.7. The summed E-state index contributed by atoms with van der Waals surface area (Å²) in [5.74, 6) is -3.63. The fraction of sp³-hybridized carbons (Fsp3) is 0. The molecule has 0 saturated carbocycles. The highest BCUT2D eigenvalue weighted by Gasteiger charge is 2.34. The largest absolute Gasteiger partial charge is 0.478 e. The number of rotatable bonds is 3. The summed E-state index contributed by atoms with van der Waals surface area (Å²) in [5.41, 5.74) is -0.415. The Morgan fingerprint density at radius 2 is 1.45 bits per heavy atom. The first-order valence-electron chi connectivity index (χ1n) is 6.27. The molecule has 0 amide bonds. The van der Waals surface area contributed by atoms with E-state index >= 15 is 0 Å². The molecule has 108 valence electrons. The van der Waals surface area contributed by atoms with Crippen molar-refractivity contribution in [1.82, 2.24) is 0 Å². The SMILES string of the molecule is O=C(O)c1ccccc1C(=O)c1cccc2c1C(=O)OC2=O. The molecule has 1 heterocycles. The van der Waals surface area contributed by atoms with Gasteiger partial charge in [-0.2, -0.15) is 0 Å². The maximum atomic E-state index is 12.6. The number of hydrogen-bond acceptors (Lipinski definition) is 5. The van der Waals surface area contributed by atoms with E-state index in [1.807, 2.05) is 0 Å². The number of aromatic carboxylic acids is 1. The van der Waals surface area contributed by atoms with Crippen LogP contribution >= 0.6 is 0 Å². The van der Waals surface area contributed by atoms with Crippen LogP contribution < -0.4 is 0 Å². The molecule has 22 heavy (non-hydrogen) atoms. The summed E-state index contributed by atoms with van der Waals surface area (Å²) in [6.07, 6.45) is 0. The highest BCUT2D eigenvalue weighted by atomic mass is 16.6. The molecule has 0 bridgehead atoms. The Morgan fingerprint density at radius 1 is 0.818 bits per heavy atom. The zero-order chi connectivity index (χ0) is 15.9. The van der Waals surface area contributed by atoms with Crippen molar-refractivity contribution < 1.29 is 29.0 Å². The summed E-state index contributed by atoms with van der Waals surface area (Å²) >= 11 is 0. The van der Waals surface area contributed by atoms with Crippen molar-refractivity contribution in [3.63, 3.8) is 0 Å². The highest BCUT2D eigenvalue weighted by Crippen LogP contribution is 2.26. The number of esters is 2. The van der Waals surface area contributed by atoms with Crippen LogP contribution in [0.4, 0.5) is 0 Å². The van der Waals surface area contributed by atoms with Gasteiger partial charge in [0.05, 0.1) is 16.7 Å². The standard InChI is InChI=1S/C16H8O6/c17-13(8-4-1-2-5-9(8)14(18)19)10-6-3-7-11-12(10)16(21)22-15(11)20/h1-7H,(H,18,19). The minimum Gasteiger partial charge on any atom is -0.478 e. The number of ketones is 1. The van der Waals surface area contributed by atoms with Crippen LogP contribution in [0, 0.1) is 0 Å². The van der Waals surface area contributed by atoms with Crippen LogP contribution in [-0.2, 0) is 4.74 Å². The quantitative estimate of drug-likeness (QED) is 0.528. The van der Waals surface area contributed by atoms with E-state index in [2.05, 4.69) is 4.74 Å². The molecule has 0 radical (unpaired) electrons. The number of hydrogen-bond donors (Lipinski definition) is 1. The summed E-state index contributed by atoms with van der Waals surface area (Å²) < 4.78 is 4.49. The lowest BCUT2D eigenvalue weighted by atomic mass is 9.93. The zero-order valence-electron chi connectivity index (χ0n) is 11.0. The third-order valence-electron chi connectivity index (χ3n) is 3.32. The lowest BCUT2D eigenvalue weighted by Crippen LogP contribution is -2.13. The number of fused-ring (bicyclic) bond motifs is 1. The second kappa shape index (κ2) is 4.92. The van der Waals surface area contributed by atoms with E-state index in [-0.39, 0.29) is 27.8 Å². The van der Waals surface area contributed by atoms with Crippen molar-refractivity contribution in [2.24, 2.45) is 0 Å². The van der Waals surface area contributed by atoms with E-state index in [1.165, 1.54) is 42.5 Å². The predicted molar refractivity (Wildman–Crippen MR) is 73.0 cm³/mol. The molecule has 0 unspecified atom stereocenters. The summed E-state index contributed by atoms with van der Waals surface area (Å²) in [6, 6.07) is 9.84. The Morgan fingerprint density at radius 3 is 2.14 bits per heavy atom. The minimum atomic E-state index is -1.25. The molecule has 0 fully saturated rings. The first-order chi connectivity index (χ1) is 10.5. The number of carbonyl (C=O) groups is 4. The molecule has 0 aliphatic carbocycles. The molecule has 1 N–H and O–H groups in total.